The van der Waals surface area contributed by atoms with Crippen LogP contribution >= 0.6 is 11.6 Å². The number of primary amides is 2. The van der Waals surface area contributed by atoms with E-state index >= 15 is 0 Å². The first-order valence-corrected chi connectivity index (χ1v) is 9.44. The van der Waals surface area contributed by atoms with Crippen molar-refractivity contribution in [3.63, 3.8) is 0 Å². The number of aryl methyl sites for hydroxylation is 2. The maximum Gasteiger partial charge on any atom is 0.254 e. The fourth-order valence-electron chi connectivity index (χ4n) is 3.04. The molecule has 0 spiro atoms. The molecular weight excluding hydrogens is 404 g/mol. The van der Waals surface area contributed by atoms with Crippen LogP contribution in [-0.2, 0) is 4.79 Å². The highest BCUT2D eigenvalue weighted by Gasteiger charge is 2.21. The van der Waals surface area contributed by atoms with Gasteiger partial charge in [0, 0.05) is 16.9 Å². The van der Waals surface area contributed by atoms with E-state index in [2.05, 4.69) is 20.6 Å². The lowest BCUT2D eigenvalue weighted by molar-refractivity contribution is -0.118. The van der Waals surface area contributed by atoms with Crippen LogP contribution in [0, 0.1) is 13.8 Å². The van der Waals surface area contributed by atoms with Crippen LogP contribution in [0.1, 0.15) is 33.1 Å². The number of carbonyl (C=O) groups excluding carboxylic acids is 2. The van der Waals surface area contributed by atoms with Gasteiger partial charge < -0.3 is 22.1 Å². The molecule has 8 nitrogen and oxygen atoms in total. The van der Waals surface area contributed by atoms with Crippen molar-refractivity contribution in [2.45, 2.75) is 19.9 Å². The molecule has 9 heteroatoms. The van der Waals surface area contributed by atoms with Gasteiger partial charge in [0.1, 0.15) is 17.4 Å². The third-order valence-electron chi connectivity index (χ3n) is 4.28. The number of hydrogen-bond donors (Lipinski definition) is 4. The number of aromatic nitrogens is 2. The van der Waals surface area contributed by atoms with Crippen LogP contribution in [-0.4, -0.2) is 21.8 Å². The first-order valence-electron chi connectivity index (χ1n) is 9.06. The lowest BCUT2D eigenvalue weighted by Gasteiger charge is -2.17. The summed E-state index contributed by atoms with van der Waals surface area (Å²) < 4.78 is 0. The van der Waals surface area contributed by atoms with E-state index in [0.717, 1.165) is 16.8 Å². The van der Waals surface area contributed by atoms with Crippen molar-refractivity contribution in [1.82, 2.24) is 9.97 Å². The van der Waals surface area contributed by atoms with Crippen molar-refractivity contribution in [1.29, 1.82) is 0 Å². The van der Waals surface area contributed by atoms with E-state index in [1.807, 2.05) is 32.0 Å². The Labute approximate surface area is 178 Å². The molecule has 0 radical (unpaired) electrons. The van der Waals surface area contributed by atoms with Gasteiger partial charge in [0.15, 0.2) is 0 Å². The normalized spacial score (nSPS) is 11.6. The topological polar surface area (TPSA) is 136 Å². The highest BCUT2D eigenvalue weighted by molar-refractivity contribution is 6.30. The van der Waals surface area contributed by atoms with E-state index in [9.17, 15) is 9.59 Å². The van der Waals surface area contributed by atoms with Crippen LogP contribution in [0.2, 0.25) is 5.02 Å². The van der Waals surface area contributed by atoms with Gasteiger partial charge in [-0.05, 0) is 54.8 Å². The molecule has 3 aromatic rings. The minimum Gasteiger partial charge on any atom is -0.368 e. The number of carbonyl (C=O) groups is 2. The Morgan fingerprint density at radius 1 is 1.07 bits per heavy atom. The largest absolute Gasteiger partial charge is 0.368 e. The minimum absolute atomic E-state index is 0.0932. The van der Waals surface area contributed by atoms with Gasteiger partial charge in [-0.1, -0.05) is 29.8 Å². The third-order valence-corrected chi connectivity index (χ3v) is 4.51. The molecule has 1 atom stereocenters. The molecule has 0 saturated heterocycles. The number of benzene rings is 2. The zero-order valence-electron chi connectivity index (χ0n) is 16.4. The van der Waals surface area contributed by atoms with Crippen LogP contribution in [0.4, 0.5) is 17.5 Å². The lowest BCUT2D eigenvalue weighted by Crippen LogP contribution is -2.28. The number of hydrogen-bond acceptors (Lipinski definition) is 6. The van der Waals surface area contributed by atoms with Gasteiger partial charge in [-0.3, -0.25) is 9.59 Å². The van der Waals surface area contributed by atoms with Gasteiger partial charge in [0.05, 0.1) is 0 Å². The summed E-state index contributed by atoms with van der Waals surface area (Å²) in [6.07, 6.45) is 1.29. The molecule has 6 N–H and O–H groups in total. The molecule has 0 fully saturated rings. The standard InChI is InChI=1S/C21H21ClN6O2/c1-11-6-12(2)8-15(7-11)26-20-16(18(23)29)10-25-21(28-20)27-17(19(24)30)13-4-3-5-14(22)9-13/h3-10,17H,1-2H3,(H2,23,29)(H2,24,30)(H2,25,26,27,28)/t17-/m1/s1. The summed E-state index contributed by atoms with van der Waals surface area (Å²) in [6.45, 7) is 3.92. The van der Waals surface area contributed by atoms with Crippen LogP contribution in [0.25, 0.3) is 0 Å². The summed E-state index contributed by atoms with van der Waals surface area (Å²) in [5.74, 6) is -1.02. The van der Waals surface area contributed by atoms with Gasteiger partial charge >= 0.3 is 0 Å². The lowest BCUT2D eigenvalue weighted by atomic mass is 10.1. The molecule has 0 bridgehead atoms. The third kappa shape index (κ3) is 5.03. The fraction of sp³-hybridized carbons (Fsp3) is 0.143. The van der Waals surface area contributed by atoms with Gasteiger partial charge in [0.2, 0.25) is 11.9 Å². The number of nitrogens with zero attached hydrogens (tertiary/aromatic N) is 2. The van der Waals surface area contributed by atoms with Gasteiger partial charge in [-0.15, -0.1) is 0 Å². The summed E-state index contributed by atoms with van der Waals surface area (Å²) >= 11 is 6.02. The zero-order chi connectivity index (χ0) is 21.8. The van der Waals surface area contributed by atoms with Gasteiger partial charge in [-0.25, -0.2) is 4.98 Å². The quantitative estimate of drug-likeness (QED) is 0.459. The summed E-state index contributed by atoms with van der Waals surface area (Å²) in [7, 11) is 0. The molecular formula is C21H21ClN6O2. The van der Waals surface area contributed by atoms with E-state index in [-0.39, 0.29) is 17.3 Å². The first-order chi connectivity index (χ1) is 14.2. The molecule has 0 saturated carbocycles. The van der Waals surface area contributed by atoms with E-state index in [1.165, 1.54) is 6.20 Å². The van der Waals surface area contributed by atoms with Crippen molar-refractivity contribution in [3.8, 4) is 0 Å². The summed E-state index contributed by atoms with van der Waals surface area (Å²) in [6, 6.07) is 11.6. The van der Waals surface area contributed by atoms with Crippen LogP contribution in [0.3, 0.4) is 0 Å². The number of anilines is 3. The van der Waals surface area contributed by atoms with E-state index in [1.54, 1.807) is 24.3 Å². The Bertz CT molecular complexity index is 1100. The summed E-state index contributed by atoms with van der Waals surface area (Å²) in [4.78, 5) is 32.3. The molecule has 154 valence electrons. The average molecular weight is 425 g/mol. The Morgan fingerprint density at radius 2 is 1.77 bits per heavy atom. The Kier molecular flexibility index (Phi) is 6.17. The number of halogens is 1. The Morgan fingerprint density at radius 3 is 2.37 bits per heavy atom. The number of nitrogens with two attached hydrogens (primary N) is 2. The molecule has 3 rings (SSSR count). The second-order valence-corrected chi connectivity index (χ2v) is 7.29. The predicted octanol–water partition coefficient (Wildman–Crippen LogP) is 3.23. The number of rotatable bonds is 7. The molecule has 1 heterocycles. The van der Waals surface area contributed by atoms with Crippen molar-refractivity contribution < 1.29 is 9.59 Å². The monoisotopic (exact) mass is 424 g/mol. The predicted molar refractivity (Wildman–Crippen MR) is 117 cm³/mol. The fourth-order valence-corrected chi connectivity index (χ4v) is 3.24. The highest BCUT2D eigenvalue weighted by Crippen LogP contribution is 2.24. The maximum atomic E-state index is 12.0. The molecule has 2 aromatic carbocycles. The van der Waals surface area contributed by atoms with Gasteiger partial charge in [-0.2, -0.15) is 4.98 Å². The van der Waals surface area contributed by atoms with Crippen molar-refractivity contribution in [2.75, 3.05) is 10.6 Å². The number of amides is 2. The van der Waals surface area contributed by atoms with E-state index in [4.69, 9.17) is 23.1 Å². The van der Waals surface area contributed by atoms with Gasteiger partial charge in [0.25, 0.3) is 5.91 Å². The van der Waals surface area contributed by atoms with Crippen molar-refractivity contribution in [3.05, 3.63) is 75.9 Å². The molecule has 30 heavy (non-hydrogen) atoms. The molecule has 0 aliphatic rings. The minimum atomic E-state index is -0.919. The Balaban J connectivity index is 1.96. The van der Waals surface area contributed by atoms with E-state index < -0.39 is 17.9 Å². The first kappa shape index (κ1) is 21.1. The maximum absolute atomic E-state index is 12.0. The summed E-state index contributed by atoms with van der Waals surface area (Å²) in [5.41, 5.74) is 14.5. The zero-order valence-corrected chi connectivity index (χ0v) is 17.2. The SMILES string of the molecule is Cc1cc(C)cc(Nc2nc(N[C@@H](C(N)=O)c3cccc(Cl)c3)ncc2C(N)=O)c1. The number of nitrogens with one attached hydrogen (secondary N) is 2. The second kappa shape index (κ2) is 8.79. The summed E-state index contributed by atoms with van der Waals surface area (Å²) in [5, 5.41) is 6.45. The van der Waals surface area contributed by atoms with Crippen molar-refractivity contribution >= 4 is 40.9 Å². The van der Waals surface area contributed by atoms with E-state index in [0.29, 0.717) is 10.6 Å². The Hall–Kier alpha value is -3.65. The van der Waals surface area contributed by atoms with Crippen molar-refractivity contribution in [2.24, 2.45) is 11.5 Å². The molecule has 2 amide bonds. The average Bonchev–Trinajstić information content (AvgIpc) is 2.65. The second-order valence-electron chi connectivity index (χ2n) is 6.86. The van der Waals surface area contributed by atoms with Crippen LogP contribution in [0.15, 0.2) is 48.7 Å². The molecule has 0 aliphatic heterocycles. The van der Waals surface area contributed by atoms with Crippen LogP contribution in [0.5, 0.6) is 0 Å². The smallest absolute Gasteiger partial charge is 0.254 e. The molecule has 0 unspecified atom stereocenters. The highest BCUT2D eigenvalue weighted by atomic mass is 35.5. The van der Waals surface area contributed by atoms with Crippen LogP contribution < -0.4 is 22.1 Å². The molecule has 1 aromatic heterocycles. The molecule has 0 aliphatic carbocycles.